The van der Waals surface area contributed by atoms with Crippen molar-refractivity contribution in [3.8, 4) is 22.8 Å². The number of hydrogen-bond donors (Lipinski definition) is 2. The second-order valence-corrected chi connectivity index (χ2v) is 9.48. The maximum atomic E-state index is 13.1. The lowest BCUT2D eigenvalue weighted by molar-refractivity contribution is 0.0138. The van der Waals surface area contributed by atoms with Gasteiger partial charge in [0.15, 0.2) is 11.4 Å². The molecule has 0 aliphatic carbocycles. The zero-order valence-corrected chi connectivity index (χ0v) is 21.9. The number of aryl methyl sites for hydroxylation is 1. The monoisotopic (exact) mass is 516 g/mol. The number of fused-ring (bicyclic) bond motifs is 1. The summed E-state index contributed by atoms with van der Waals surface area (Å²) in [6.07, 6.45) is -0.469. The Morgan fingerprint density at radius 3 is 2.53 bits per heavy atom. The molecule has 9 heteroatoms. The van der Waals surface area contributed by atoms with Crippen LogP contribution in [0.2, 0.25) is 0 Å². The van der Waals surface area contributed by atoms with E-state index in [-0.39, 0.29) is 12.2 Å². The van der Waals surface area contributed by atoms with Gasteiger partial charge in [0.2, 0.25) is 0 Å². The summed E-state index contributed by atoms with van der Waals surface area (Å²) in [5.74, 6) is 1.11. The molecule has 1 unspecified atom stereocenters. The molecule has 2 aromatic carbocycles. The normalized spacial score (nSPS) is 14.9. The van der Waals surface area contributed by atoms with Crippen molar-refractivity contribution in [2.45, 2.75) is 19.4 Å². The fourth-order valence-corrected chi connectivity index (χ4v) is 4.75. The predicted molar refractivity (Wildman–Crippen MR) is 144 cm³/mol. The highest BCUT2D eigenvalue weighted by Gasteiger charge is 2.21. The predicted octanol–water partition coefficient (Wildman–Crippen LogP) is 3.74. The van der Waals surface area contributed by atoms with E-state index in [0.717, 1.165) is 40.9 Å². The number of aromatic nitrogens is 3. The van der Waals surface area contributed by atoms with E-state index in [2.05, 4.69) is 15.1 Å². The number of nitrogens with one attached hydrogen (secondary N) is 1. The van der Waals surface area contributed by atoms with Crippen molar-refractivity contribution in [2.24, 2.45) is 0 Å². The molecule has 198 valence electrons. The van der Waals surface area contributed by atoms with E-state index in [1.165, 1.54) is 0 Å². The number of aliphatic hydroxyl groups excluding tert-OH is 1. The number of ketones is 1. The molecule has 1 aliphatic heterocycles. The molecule has 9 nitrogen and oxygen atoms in total. The maximum absolute atomic E-state index is 13.1. The minimum absolute atomic E-state index is 0.0355. The molecule has 1 saturated heterocycles. The summed E-state index contributed by atoms with van der Waals surface area (Å²) in [5.41, 5.74) is 5.34. The number of hydrogen-bond acceptors (Lipinski definition) is 8. The summed E-state index contributed by atoms with van der Waals surface area (Å²) in [5, 5.41) is 19.0. The molecule has 0 saturated carbocycles. The van der Waals surface area contributed by atoms with Crippen LogP contribution in [0.5, 0.6) is 11.5 Å². The van der Waals surface area contributed by atoms with Gasteiger partial charge in [0.05, 0.1) is 38.8 Å². The molecule has 38 heavy (non-hydrogen) atoms. The molecule has 0 bridgehead atoms. The summed E-state index contributed by atoms with van der Waals surface area (Å²) in [6.45, 7) is 5.49. The number of ether oxygens (including phenoxy) is 3. The van der Waals surface area contributed by atoms with Crippen molar-refractivity contribution >= 4 is 16.8 Å². The van der Waals surface area contributed by atoms with Gasteiger partial charge in [0, 0.05) is 48.6 Å². The maximum Gasteiger partial charge on any atom is 0.181 e. The number of Topliss-reactive ketones (excluding diaryl/α,β-unsaturated/α-hetero) is 1. The molecule has 0 amide bonds. The first kappa shape index (κ1) is 25.8. The van der Waals surface area contributed by atoms with Crippen molar-refractivity contribution in [3.63, 3.8) is 0 Å². The van der Waals surface area contributed by atoms with Crippen LogP contribution in [0.25, 0.3) is 22.3 Å². The van der Waals surface area contributed by atoms with E-state index in [0.29, 0.717) is 48.2 Å². The summed E-state index contributed by atoms with van der Waals surface area (Å²) < 4.78 is 16.0. The van der Waals surface area contributed by atoms with Gasteiger partial charge < -0.3 is 19.3 Å². The molecule has 0 radical (unpaired) electrons. The molecule has 0 spiro atoms. The lowest BCUT2D eigenvalue weighted by Gasteiger charge is -2.28. The van der Waals surface area contributed by atoms with Crippen molar-refractivity contribution in [2.75, 3.05) is 47.1 Å². The molecule has 3 heterocycles. The highest BCUT2D eigenvalue weighted by atomic mass is 16.5. The number of aliphatic hydroxyl groups is 1. The number of morpholine rings is 1. The van der Waals surface area contributed by atoms with Crippen LogP contribution in [0.3, 0.4) is 0 Å². The first-order valence-corrected chi connectivity index (χ1v) is 12.6. The second kappa shape index (κ2) is 11.3. The van der Waals surface area contributed by atoms with Gasteiger partial charge in [-0.3, -0.25) is 14.8 Å². The minimum atomic E-state index is -0.697. The van der Waals surface area contributed by atoms with Gasteiger partial charge in [0.25, 0.3) is 0 Å². The fourth-order valence-electron chi connectivity index (χ4n) is 4.75. The minimum Gasteiger partial charge on any atom is -0.497 e. The van der Waals surface area contributed by atoms with E-state index in [9.17, 15) is 9.90 Å². The second-order valence-electron chi connectivity index (χ2n) is 9.48. The van der Waals surface area contributed by atoms with E-state index in [4.69, 9.17) is 19.2 Å². The van der Waals surface area contributed by atoms with Crippen LogP contribution in [-0.2, 0) is 11.2 Å². The summed E-state index contributed by atoms with van der Waals surface area (Å²) in [4.78, 5) is 20.0. The lowest BCUT2D eigenvalue weighted by Crippen LogP contribution is -2.38. The summed E-state index contributed by atoms with van der Waals surface area (Å²) in [6, 6.07) is 15.0. The quantitative estimate of drug-likeness (QED) is 0.324. The van der Waals surface area contributed by atoms with Crippen LogP contribution in [0.1, 0.15) is 33.3 Å². The third-order valence-electron chi connectivity index (χ3n) is 6.93. The number of carbonyl (C=O) groups is 1. The topological polar surface area (TPSA) is 110 Å². The Labute approximate surface area is 221 Å². The molecule has 2 N–H and O–H groups in total. The lowest BCUT2D eigenvalue weighted by atomic mass is 9.97. The van der Waals surface area contributed by atoms with Crippen molar-refractivity contribution < 1.29 is 24.1 Å². The Hall–Kier alpha value is -3.79. The number of H-pyrrole nitrogens is 1. The molecule has 1 atom stereocenters. The van der Waals surface area contributed by atoms with Crippen LogP contribution in [-0.4, -0.2) is 78.0 Å². The van der Waals surface area contributed by atoms with E-state index in [1.807, 2.05) is 37.3 Å². The molecule has 4 aromatic rings. The first-order valence-electron chi connectivity index (χ1n) is 12.6. The number of pyridine rings is 1. The van der Waals surface area contributed by atoms with E-state index < -0.39 is 6.10 Å². The van der Waals surface area contributed by atoms with Gasteiger partial charge >= 0.3 is 0 Å². The molecule has 1 fully saturated rings. The van der Waals surface area contributed by atoms with Crippen LogP contribution < -0.4 is 9.47 Å². The number of benzene rings is 2. The van der Waals surface area contributed by atoms with Crippen LogP contribution in [0.4, 0.5) is 0 Å². The smallest absolute Gasteiger partial charge is 0.181 e. The zero-order chi connectivity index (χ0) is 26.6. The van der Waals surface area contributed by atoms with Gasteiger partial charge in [-0.15, -0.1) is 0 Å². The summed E-state index contributed by atoms with van der Waals surface area (Å²) in [7, 11) is 3.12. The molecule has 5 rings (SSSR count). The Morgan fingerprint density at radius 1 is 1.08 bits per heavy atom. The fraction of sp³-hybridized carbons (Fsp3) is 0.345. The van der Waals surface area contributed by atoms with E-state index >= 15 is 0 Å². The first-order chi connectivity index (χ1) is 18.4. The third kappa shape index (κ3) is 5.55. The third-order valence-corrected chi connectivity index (χ3v) is 6.93. The van der Waals surface area contributed by atoms with Crippen LogP contribution in [0, 0.1) is 6.92 Å². The highest BCUT2D eigenvalue weighted by molar-refractivity contribution is 5.98. The Balaban J connectivity index is 1.37. The number of nitrogens with zero attached hydrogens (tertiary/aromatic N) is 3. The number of aromatic amines is 1. The van der Waals surface area contributed by atoms with Crippen LogP contribution >= 0.6 is 0 Å². The largest absolute Gasteiger partial charge is 0.497 e. The standard InChI is InChI=1S/C29H32N4O5/c1-18-4-5-19(13-26(34)20-14-21(36-2)16-22(15-20)37-3)12-24(18)25-7-6-23-28(31-32-29(23)30-25)27(35)17-33-8-10-38-11-9-33/h4-7,12,14-16,27,35H,8-11,13,17H2,1-3H3,(H,30,31,32). The number of rotatable bonds is 9. The molecular formula is C29H32N4O5. The highest BCUT2D eigenvalue weighted by Crippen LogP contribution is 2.29. The molecular weight excluding hydrogens is 484 g/mol. The Bertz CT molecular complexity index is 1420. The number of carbonyl (C=O) groups excluding carboxylic acids is 1. The van der Waals surface area contributed by atoms with E-state index in [1.54, 1.807) is 32.4 Å². The average molecular weight is 517 g/mol. The Kier molecular flexibility index (Phi) is 7.69. The van der Waals surface area contributed by atoms with Crippen molar-refractivity contribution in [3.05, 3.63) is 70.9 Å². The summed E-state index contributed by atoms with van der Waals surface area (Å²) >= 11 is 0. The SMILES string of the molecule is COc1cc(OC)cc(C(=O)Cc2ccc(C)c(-c3ccc4c(C(O)CN5CCOCC5)[nH]nc4n3)c2)c1. The van der Waals surface area contributed by atoms with Gasteiger partial charge in [0.1, 0.15) is 17.6 Å². The van der Waals surface area contributed by atoms with Gasteiger partial charge in [-0.05, 0) is 48.4 Å². The van der Waals surface area contributed by atoms with Gasteiger partial charge in [-0.1, -0.05) is 12.1 Å². The molecule has 2 aromatic heterocycles. The average Bonchev–Trinajstić information content (AvgIpc) is 3.37. The molecule has 1 aliphatic rings. The number of β-amino-alcohol motifs (C(OH)–C–C–N with tert-alkyl or cyclic N) is 1. The van der Waals surface area contributed by atoms with Crippen molar-refractivity contribution in [1.29, 1.82) is 0 Å². The van der Waals surface area contributed by atoms with Crippen molar-refractivity contribution in [1.82, 2.24) is 20.1 Å². The number of methoxy groups -OCH3 is 2. The zero-order valence-electron chi connectivity index (χ0n) is 21.9. The van der Waals surface area contributed by atoms with Gasteiger partial charge in [-0.2, -0.15) is 5.10 Å². The van der Waals surface area contributed by atoms with Crippen LogP contribution in [0.15, 0.2) is 48.5 Å². The van der Waals surface area contributed by atoms with Gasteiger partial charge in [-0.25, -0.2) is 4.98 Å². The Morgan fingerprint density at radius 2 is 1.82 bits per heavy atom.